The number of carbonyl (C=O) groups excluding carboxylic acids is 1. The fourth-order valence-corrected chi connectivity index (χ4v) is 2.13. The molecule has 0 fully saturated rings. The second-order valence-electron chi connectivity index (χ2n) is 3.92. The number of benzene rings is 2. The lowest BCUT2D eigenvalue weighted by atomic mass is 10.1. The number of carbonyl (C=O) groups is 1. The summed E-state index contributed by atoms with van der Waals surface area (Å²) in [5, 5.41) is 21.6. The number of hydrogen-bond donors (Lipinski definition) is 2. The molecule has 0 unspecified atom stereocenters. The molecule has 0 aliphatic heterocycles. The molecule has 20 heavy (non-hydrogen) atoms. The number of hydrogen-bond acceptors (Lipinski definition) is 3. The molecule has 0 aliphatic rings. The minimum Gasteiger partial charge on any atom is -0.507 e. The van der Waals surface area contributed by atoms with Crippen LogP contribution in [0.4, 0.5) is 5.69 Å². The van der Waals surface area contributed by atoms with Gasteiger partial charge in [-0.3, -0.25) is 4.79 Å². The summed E-state index contributed by atoms with van der Waals surface area (Å²) >= 11 is 8.98. The first-order chi connectivity index (χ1) is 9.51. The zero-order valence-electron chi connectivity index (χ0n) is 10.0. The summed E-state index contributed by atoms with van der Waals surface area (Å²) in [4.78, 5) is 12.1. The third kappa shape index (κ3) is 3.10. The summed E-state index contributed by atoms with van der Waals surface area (Å²) in [6, 6.07) is 11.1. The standard InChI is InChI=1S/C14H8BrClN2O2/c15-9-2-1-8(7-17)12(5-9)18-14(20)11-4-3-10(16)6-13(11)19/h1-6,19H,(H,18,20). The Kier molecular flexibility index (Phi) is 4.28. The molecule has 0 saturated heterocycles. The summed E-state index contributed by atoms with van der Waals surface area (Å²) in [5.41, 5.74) is 0.773. The van der Waals surface area contributed by atoms with E-state index in [1.54, 1.807) is 18.2 Å². The van der Waals surface area contributed by atoms with Gasteiger partial charge in [-0.1, -0.05) is 27.5 Å². The molecule has 0 aromatic heterocycles. The van der Waals surface area contributed by atoms with Crippen molar-refractivity contribution in [2.75, 3.05) is 5.32 Å². The molecule has 0 spiro atoms. The quantitative estimate of drug-likeness (QED) is 0.861. The smallest absolute Gasteiger partial charge is 0.259 e. The summed E-state index contributed by atoms with van der Waals surface area (Å²) < 4.78 is 0.729. The first-order valence-corrected chi connectivity index (χ1v) is 6.68. The van der Waals surface area contributed by atoms with Gasteiger partial charge in [-0.05, 0) is 36.4 Å². The second kappa shape index (κ2) is 5.95. The predicted molar refractivity (Wildman–Crippen MR) is 79.9 cm³/mol. The molecule has 100 valence electrons. The van der Waals surface area contributed by atoms with Crippen LogP contribution in [0.1, 0.15) is 15.9 Å². The average molecular weight is 352 g/mol. The zero-order valence-corrected chi connectivity index (χ0v) is 12.4. The van der Waals surface area contributed by atoms with E-state index < -0.39 is 5.91 Å². The van der Waals surface area contributed by atoms with Crippen molar-refractivity contribution >= 4 is 39.1 Å². The van der Waals surface area contributed by atoms with Gasteiger partial charge in [-0.25, -0.2) is 0 Å². The molecule has 0 saturated carbocycles. The molecule has 6 heteroatoms. The SMILES string of the molecule is N#Cc1ccc(Br)cc1NC(=O)c1ccc(Cl)cc1O. The summed E-state index contributed by atoms with van der Waals surface area (Å²) in [6.07, 6.45) is 0. The Morgan fingerprint density at radius 3 is 2.70 bits per heavy atom. The highest BCUT2D eigenvalue weighted by Crippen LogP contribution is 2.25. The van der Waals surface area contributed by atoms with Crippen LogP contribution in [0.3, 0.4) is 0 Å². The van der Waals surface area contributed by atoms with Crippen LogP contribution in [-0.2, 0) is 0 Å². The van der Waals surface area contributed by atoms with E-state index in [1.807, 2.05) is 6.07 Å². The topological polar surface area (TPSA) is 73.1 Å². The van der Waals surface area contributed by atoms with E-state index in [1.165, 1.54) is 18.2 Å². The number of aromatic hydroxyl groups is 1. The van der Waals surface area contributed by atoms with E-state index >= 15 is 0 Å². The molecule has 0 bridgehead atoms. The van der Waals surface area contributed by atoms with E-state index in [2.05, 4.69) is 21.2 Å². The van der Waals surface area contributed by atoms with Crippen molar-refractivity contribution in [2.24, 2.45) is 0 Å². The number of nitriles is 1. The van der Waals surface area contributed by atoms with Crippen LogP contribution in [0.25, 0.3) is 0 Å². The van der Waals surface area contributed by atoms with Crippen molar-refractivity contribution in [2.45, 2.75) is 0 Å². The number of amides is 1. The van der Waals surface area contributed by atoms with Crippen LogP contribution in [-0.4, -0.2) is 11.0 Å². The molecule has 2 aromatic rings. The minimum atomic E-state index is -0.520. The fraction of sp³-hybridized carbons (Fsp3) is 0. The Labute approximate surface area is 128 Å². The lowest BCUT2D eigenvalue weighted by Crippen LogP contribution is -2.13. The number of phenols is 1. The molecule has 2 aromatic carbocycles. The maximum absolute atomic E-state index is 12.1. The summed E-state index contributed by atoms with van der Waals surface area (Å²) in [7, 11) is 0. The van der Waals surface area contributed by atoms with Crippen LogP contribution < -0.4 is 5.32 Å². The summed E-state index contributed by atoms with van der Waals surface area (Å²) in [5.74, 6) is -0.739. The van der Waals surface area contributed by atoms with E-state index in [0.717, 1.165) is 4.47 Å². The Morgan fingerprint density at radius 1 is 1.30 bits per heavy atom. The largest absolute Gasteiger partial charge is 0.507 e. The number of nitrogens with one attached hydrogen (secondary N) is 1. The highest BCUT2D eigenvalue weighted by atomic mass is 79.9. The number of rotatable bonds is 2. The number of anilines is 1. The molecule has 2 N–H and O–H groups in total. The number of nitrogens with zero attached hydrogens (tertiary/aromatic N) is 1. The summed E-state index contributed by atoms with van der Waals surface area (Å²) in [6.45, 7) is 0. The Morgan fingerprint density at radius 2 is 2.05 bits per heavy atom. The number of phenolic OH excluding ortho intramolecular Hbond substituents is 1. The molecule has 0 heterocycles. The van der Waals surface area contributed by atoms with Crippen molar-refractivity contribution in [3.8, 4) is 11.8 Å². The van der Waals surface area contributed by atoms with Crippen LogP contribution in [0.2, 0.25) is 5.02 Å². The van der Waals surface area contributed by atoms with Gasteiger partial charge in [-0.15, -0.1) is 0 Å². The predicted octanol–water partition coefficient (Wildman–Crippen LogP) is 3.93. The highest BCUT2D eigenvalue weighted by Gasteiger charge is 2.13. The van der Waals surface area contributed by atoms with Crippen LogP contribution in [0.5, 0.6) is 5.75 Å². The monoisotopic (exact) mass is 350 g/mol. The highest BCUT2D eigenvalue weighted by molar-refractivity contribution is 9.10. The molecule has 1 amide bonds. The Balaban J connectivity index is 2.33. The van der Waals surface area contributed by atoms with Crippen molar-refractivity contribution in [1.29, 1.82) is 5.26 Å². The van der Waals surface area contributed by atoms with Gasteiger partial charge in [-0.2, -0.15) is 5.26 Å². The molecule has 2 rings (SSSR count). The van der Waals surface area contributed by atoms with Gasteiger partial charge in [0.05, 0.1) is 16.8 Å². The van der Waals surface area contributed by atoms with Gasteiger partial charge >= 0.3 is 0 Å². The Hall–Kier alpha value is -2.03. The van der Waals surface area contributed by atoms with Crippen LogP contribution >= 0.6 is 27.5 Å². The minimum absolute atomic E-state index is 0.0817. The average Bonchev–Trinajstić information content (AvgIpc) is 2.38. The van der Waals surface area contributed by atoms with Gasteiger partial charge in [0.25, 0.3) is 5.91 Å². The van der Waals surface area contributed by atoms with Crippen molar-refractivity contribution in [1.82, 2.24) is 0 Å². The second-order valence-corrected chi connectivity index (χ2v) is 5.27. The molecule has 0 aliphatic carbocycles. The van der Waals surface area contributed by atoms with E-state index in [4.69, 9.17) is 16.9 Å². The Bertz CT molecular complexity index is 726. The lowest BCUT2D eigenvalue weighted by Gasteiger charge is -2.09. The van der Waals surface area contributed by atoms with Crippen LogP contribution in [0, 0.1) is 11.3 Å². The maximum atomic E-state index is 12.1. The van der Waals surface area contributed by atoms with Gasteiger partial charge < -0.3 is 10.4 Å². The molecule has 0 atom stereocenters. The molecule has 4 nitrogen and oxygen atoms in total. The maximum Gasteiger partial charge on any atom is 0.259 e. The lowest BCUT2D eigenvalue weighted by molar-refractivity contribution is 0.102. The van der Waals surface area contributed by atoms with E-state index in [0.29, 0.717) is 16.3 Å². The normalized spacial score (nSPS) is 9.85. The van der Waals surface area contributed by atoms with Crippen molar-refractivity contribution < 1.29 is 9.90 Å². The third-order valence-electron chi connectivity index (χ3n) is 2.55. The first-order valence-electron chi connectivity index (χ1n) is 5.51. The fourth-order valence-electron chi connectivity index (χ4n) is 1.60. The van der Waals surface area contributed by atoms with Gasteiger partial charge in [0.2, 0.25) is 0 Å². The van der Waals surface area contributed by atoms with Crippen molar-refractivity contribution in [3.05, 3.63) is 57.0 Å². The third-order valence-corrected chi connectivity index (χ3v) is 3.28. The zero-order chi connectivity index (χ0) is 14.7. The number of halogens is 2. The van der Waals surface area contributed by atoms with Crippen LogP contribution in [0.15, 0.2) is 40.9 Å². The molecular weight excluding hydrogens is 344 g/mol. The van der Waals surface area contributed by atoms with E-state index in [9.17, 15) is 9.90 Å². The molecular formula is C14H8BrClN2O2. The molecule has 0 radical (unpaired) electrons. The van der Waals surface area contributed by atoms with Gasteiger partial charge in [0.15, 0.2) is 0 Å². The van der Waals surface area contributed by atoms with Gasteiger partial charge in [0.1, 0.15) is 11.8 Å². The first kappa shape index (κ1) is 14.4. The van der Waals surface area contributed by atoms with Crippen molar-refractivity contribution in [3.63, 3.8) is 0 Å². The van der Waals surface area contributed by atoms with Gasteiger partial charge in [0, 0.05) is 9.50 Å². The van der Waals surface area contributed by atoms with E-state index in [-0.39, 0.29) is 11.3 Å².